The van der Waals surface area contributed by atoms with Gasteiger partial charge < -0.3 is 10.0 Å². The summed E-state index contributed by atoms with van der Waals surface area (Å²) in [4.78, 5) is 29.8. The number of aliphatic hydroxyl groups excluding tert-OH is 1. The Morgan fingerprint density at radius 2 is 2.11 bits per heavy atom. The molecule has 27 heavy (non-hydrogen) atoms. The summed E-state index contributed by atoms with van der Waals surface area (Å²) in [7, 11) is 0. The topological polar surface area (TPSA) is 60.9 Å². The Morgan fingerprint density at radius 1 is 1.37 bits per heavy atom. The number of thioether (sulfide) groups is 1. The molecule has 144 valence electrons. The number of aliphatic hydroxyl groups is 1. The predicted molar refractivity (Wildman–Crippen MR) is 112 cm³/mol. The van der Waals surface area contributed by atoms with Crippen molar-refractivity contribution >= 4 is 46.2 Å². The number of hydrogen-bond acceptors (Lipinski definition) is 5. The molecular weight excluding hydrogens is 380 g/mol. The fraction of sp³-hybridized carbons (Fsp3) is 0.450. The highest BCUT2D eigenvalue weighted by atomic mass is 32.2. The maximum atomic E-state index is 13.1. The molecule has 2 atom stereocenters. The van der Waals surface area contributed by atoms with Gasteiger partial charge in [-0.2, -0.15) is 0 Å². The van der Waals surface area contributed by atoms with Crippen molar-refractivity contribution in [3.8, 4) is 0 Å². The van der Waals surface area contributed by atoms with Crippen molar-refractivity contribution in [3.05, 3.63) is 40.8 Å². The number of carbonyl (C=O) groups is 2. The molecule has 2 aliphatic rings. The summed E-state index contributed by atoms with van der Waals surface area (Å²) in [5.74, 6) is -0.309. The smallest absolute Gasteiger partial charge is 0.266 e. The molecule has 2 amide bonds. The monoisotopic (exact) mass is 404 g/mol. The van der Waals surface area contributed by atoms with Crippen molar-refractivity contribution in [3.63, 3.8) is 0 Å². The molecule has 2 saturated heterocycles. The van der Waals surface area contributed by atoms with Crippen LogP contribution in [0.25, 0.3) is 6.08 Å². The molecule has 0 aromatic heterocycles. The quantitative estimate of drug-likeness (QED) is 0.604. The maximum absolute atomic E-state index is 13.1. The molecule has 0 aliphatic carbocycles. The van der Waals surface area contributed by atoms with Gasteiger partial charge in [0, 0.05) is 19.2 Å². The normalized spacial score (nSPS) is 23.2. The lowest BCUT2D eigenvalue weighted by molar-refractivity contribution is -0.142. The molecule has 1 N–H and O–H groups in total. The lowest BCUT2D eigenvalue weighted by Crippen LogP contribution is -2.53. The minimum atomic E-state index is -0.640. The van der Waals surface area contributed by atoms with Crippen LogP contribution >= 0.6 is 24.0 Å². The zero-order chi connectivity index (χ0) is 19.4. The van der Waals surface area contributed by atoms with Gasteiger partial charge in [-0.05, 0) is 44.2 Å². The highest BCUT2D eigenvalue weighted by molar-refractivity contribution is 8.26. The predicted octanol–water partition coefficient (Wildman–Crippen LogP) is 3.04. The van der Waals surface area contributed by atoms with Gasteiger partial charge in [0.05, 0.1) is 4.91 Å². The van der Waals surface area contributed by atoms with Crippen molar-refractivity contribution in [1.29, 1.82) is 0 Å². The molecule has 7 heteroatoms. The number of thiocarbonyl (C=S) groups is 1. The summed E-state index contributed by atoms with van der Waals surface area (Å²) in [6.45, 7) is 2.47. The van der Waals surface area contributed by atoms with Crippen molar-refractivity contribution < 1.29 is 14.7 Å². The average Bonchev–Trinajstić information content (AvgIpc) is 2.95. The fourth-order valence-corrected chi connectivity index (χ4v) is 5.02. The zero-order valence-corrected chi connectivity index (χ0v) is 17.0. The number of rotatable bonds is 5. The van der Waals surface area contributed by atoms with Crippen LogP contribution in [0.2, 0.25) is 0 Å². The van der Waals surface area contributed by atoms with E-state index in [0.717, 1.165) is 24.8 Å². The molecule has 2 aliphatic heterocycles. The van der Waals surface area contributed by atoms with Crippen molar-refractivity contribution in [2.24, 2.45) is 0 Å². The largest absolute Gasteiger partial charge is 0.396 e. The molecule has 3 rings (SSSR count). The van der Waals surface area contributed by atoms with Gasteiger partial charge in [0.2, 0.25) is 5.91 Å². The van der Waals surface area contributed by atoms with Gasteiger partial charge in [0.1, 0.15) is 10.4 Å². The Hall–Kier alpha value is -1.70. The minimum absolute atomic E-state index is 0.0389. The van der Waals surface area contributed by atoms with Gasteiger partial charge in [-0.25, -0.2) is 0 Å². The van der Waals surface area contributed by atoms with E-state index in [-0.39, 0.29) is 24.5 Å². The van der Waals surface area contributed by atoms with Crippen LogP contribution in [0.5, 0.6) is 0 Å². The van der Waals surface area contributed by atoms with E-state index in [0.29, 0.717) is 22.2 Å². The number of piperidine rings is 1. The van der Waals surface area contributed by atoms with Crippen LogP contribution in [0.4, 0.5) is 0 Å². The van der Waals surface area contributed by atoms with Crippen LogP contribution in [-0.2, 0) is 9.59 Å². The first kappa shape index (κ1) is 20.0. The lowest BCUT2D eigenvalue weighted by atomic mass is 9.98. The van der Waals surface area contributed by atoms with Crippen molar-refractivity contribution in [2.75, 3.05) is 13.2 Å². The molecular formula is C20H24N2O3S2. The highest BCUT2D eigenvalue weighted by Crippen LogP contribution is 2.34. The summed E-state index contributed by atoms with van der Waals surface area (Å²) in [6, 6.07) is 9.00. The van der Waals surface area contributed by atoms with E-state index in [1.165, 1.54) is 16.7 Å². The van der Waals surface area contributed by atoms with E-state index in [9.17, 15) is 14.7 Å². The van der Waals surface area contributed by atoms with Crippen molar-refractivity contribution in [1.82, 2.24) is 9.80 Å². The third kappa shape index (κ3) is 4.42. The molecule has 1 aromatic carbocycles. The number of hydrogen-bond donors (Lipinski definition) is 1. The van der Waals surface area contributed by atoms with Crippen molar-refractivity contribution in [2.45, 2.75) is 44.7 Å². The first-order valence-corrected chi connectivity index (χ1v) is 10.5. The first-order valence-electron chi connectivity index (χ1n) is 9.26. The Kier molecular flexibility index (Phi) is 6.68. The van der Waals surface area contributed by atoms with E-state index in [4.69, 9.17) is 12.2 Å². The Bertz CT molecular complexity index is 749. The summed E-state index contributed by atoms with van der Waals surface area (Å²) >= 11 is 6.64. The first-order chi connectivity index (χ1) is 13.0. The lowest BCUT2D eigenvalue weighted by Gasteiger charge is -2.38. The van der Waals surface area contributed by atoms with E-state index in [1.54, 1.807) is 6.92 Å². The standard InChI is InChI=1S/C20H24N2O3S2/c1-14(18(24)21-11-6-5-9-16(21)10-12-23)22-19(25)17(27-20(22)26)13-15-7-3-2-4-8-15/h2-4,7-8,13-14,16,23H,5-6,9-12H2,1H3/b17-13+/t14-,16-/m0/s1. The van der Waals surface area contributed by atoms with Crippen LogP contribution in [0.15, 0.2) is 35.2 Å². The van der Waals surface area contributed by atoms with Crippen LogP contribution in [0.1, 0.15) is 38.2 Å². The van der Waals surface area contributed by atoms with Gasteiger partial charge in [-0.1, -0.05) is 54.3 Å². The van der Waals surface area contributed by atoms with Crippen LogP contribution in [0, 0.1) is 0 Å². The zero-order valence-electron chi connectivity index (χ0n) is 15.3. The van der Waals surface area contributed by atoms with Gasteiger partial charge >= 0.3 is 0 Å². The molecule has 0 spiro atoms. The highest BCUT2D eigenvalue weighted by Gasteiger charge is 2.40. The summed E-state index contributed by atoms with van der Waals surface area (Å²) in [5, 5.41) is 9.29. The summed E-state index contributed by atoms with van der Waals surface area (Å²) in [5.41, 5.74) is 0.927. The SMILES string of the molecule is C[C@@H](C(=O)N1CCCC[C@H]1CCO)N1C(=O)/C(=C\c2ccccc2)SC1=S. The second kappa shape index (κ2) is 8.99. The molecule has 2 fully saturated rings. The second-order valence-electron chi connectivity index (χ2n) is 6.83. The summed E-state index contributed by atoms with van der Waals surface area (Å²) in [6.07, 6.45) is 5.29. The number of nitrogens with zero attached hydrogens (tertiary/aromatic N) is 2. The van der Waals surface area contributed by atoms with E-state index >= 15 is 0 Å². The van der Waals surface area contributed by atoms with E-state index in [2.05, 4.69) is 0 Å². The third-order valence-electron chi connectivity index (χ3n) is 5.04. The Morgan fingerprint density at radius 3 is 2.81 bits per heavy atom. The third-order valence-corrected chi connectivity index (χ3v) is 6.37. The van der Waals surface area contributed by atoms with E-state index < -0.39 is 6.04 Å². The molecule has 0 unspecified atom stereocenters. The van der Waals surface area contributed by atoms with Gasteiger partial charge in [0.25, 0.3) is 5.91 Å². The van der Waals surface area contributed by atoms with Gasteiger partial charge in [-0.3, -0.25) is 14.5 Å². The number of carbonyl (C=O) groups excluding carboxylic acids is 2. The van der Waals surface area contributed by atoms with Gasteiger partial charge in [-0.15, -0.1) is 0 Å². The molecule has 5 nitrogen and oxygen atoms in total. The summed E-state index contributed by atoms with van der Waals surface area (Å²) < 4.78 is 0.416. The molecule has 2 heterocycles. The Labute approximate surface area is 169 Å². The van der Waals surface area contributed by atoms with Crippen LogP contribution < -0.4 is 0 Å². The maximum Gasteiger partial charge on any atom is 0.266 e. The molecule has 0 saturated carbocycles. The molecule has 0 radical (unpaired) electrons. The second-order valence-corrected chi connectivity index (χ2v) is 8.51. The number of amides is 2. The average molecular weight is 405 g/mol. The fourth-order valence-electron chi connectivity index (χ4n) is 3.60. The minimum Gasteiger partial charge on any atom is -0.396 e. The molecule has 0 bridgehead atoms. The van der Waals surface area contributed by atoms with Crippen LogP contribution in [-0.4, -0.2) is 56.3 Å². The van der Waals surface area contributed by atoms with Crippen LogP contribution in [0.3, 0.4) is 0 Å². The number of benzene rings is 1. The molecule has 1 aromatic rings. The Balaban J connectivity index is 1.76. The van der Waals surface area contributed by atoms with Gasteiger partial charge in [0.15, 0.2) is 0 Å². The number of likely N-dealkylation sites (tertiary alicyclic amines) is 1. The van der Waals surface area contributed by atoms with E-state index in [1.807, 2.05) is 41.3 Å².